The number of hydrogen-bond acceptors (Lipinski definition) is 1. The van der Waals surface area contributed by atoms with Gasteiger partial charge in [0.1, 0.15) is 0 Å². The van der Waals surface area contributed by atoms with E-state index in [1.165, 1.54) is 82.2 Å². The van der Waals surface area contributed by atoms with Crippen LogP contribution in [0.15, 0.2) is 78.9 Å². The Morgan fingerprint density at radius 1 is 0.735 bits per heavy atom. The van der Waals surface area contributed by atoms with E-state index in [1.54, 1.807) is 0 Å². The van der Waals surface area contributed by atoms with Crippen molar-refractivity contribution in [2.24, 2.45) is 0 Å². The molecule has 3 heterocycles. The second kappa shape index (κ2) is 9.42. The monoisotopic (exact) mass is 447 g/mol. The highest BCUT2D eigenvalue weighted by Gasteiger charge is 2.18. The molecule has 0 spiro atoms. The Kier molecular flexibility index (Phi) is 5.85. The normalized spacial score (nSPS) is 13.6. The largest absolute Gasteiger partial charge is 0.371 e. The first kappa shape index (κ1) is 21.1. The molecule has 1 aliphatic rings. The van der Waals surface area contributed by atoms with Crippen LogP contribution in [-0.4, -0.2) is 23.1 Å². The van der Waals surface area contributed by atoms with Crippen molar-refractivity contribution in [3.8, 4) is 0 Å². The van der Waals surface area contributed by atoms with Crippen LogP contribution in [0.25, 0.3) is 21.8 Å². The zero-order chi connectivity index (χ0) is 22.7. The summed E-state index contributed by atoms with van der Waals surface area (Å²) in [7, 11) is 0. The number of H-pyrrole nitrogens is 2. The molecule has 3 heteroatoms. The molecule has 0 saturated heterocycles. The van der Waals surface area contributed by atoms with Gasteiger partial charge in [-0.3, -0.25) is 0 Å². The highest BCUT2D eigenvalue weighted by atomic mass is 15.1. The van der Waals surface area contributed by atoms with Gasteiger partial charge in [0.25, 0.3) is 0 Å². The lowest BCUT2D eigenvalue weighted by Gasteiger charge is -2.31. The van der Waals surface area contributed by atoms with Crippen molar-refractivity contribution in [1.82, 2.24) is 9.97 Å². The number of unbranched alkanes of at least 4 members (excludes halogenated alkanes) is 1. The smallest absolute Gasteiger partial charge is 0.0458 e. The van der Waals surface area contributed by atoms with Gasteiger partial charge in [0.15, 0.2) is 0 Å². The van der Waals surface area contributed by atoms with Crippen molar-refractivity contribution in [3.05, 3.63) is 101 Å². The summed E-state index contributed by atoms with van der Waals surface area (Å²) in [4.78, 5) is 9.94. The molecule has 6 rings (SSSR count). The number of benzene rings is 3. The van der Waals surface area contributed by atoms with Gasteiger partial charge in [-0.05, 0) is 85.7 Å². The summed E-state index contributed by atoms with van der Waals surface area (Å²) in [6.45, 7) is 2.25. The zero-order valence-electron chi connectivity index (χ0n) is 19.8. The third-order valence-electron chi connectivity index (χ3n) is 7.45. The van der Waals surface area contributed by atoms with E-state index in [0.29, 0.717) is 0 Å². The SMILES string of the molecule is c1ccc2c(c1)CCCN2CCc1c(CCCCc2cc3ccccc3[nH]2)[nH]c2ccccc12. The van der Waals surface area contributed by atoms with Crippen LogP contribution < -0.4 is 4.90 Å². The molecule has 0 bridgehead atoms. The Morgan fingerprint density at radius 3 is 2.47 bits per heavy atom. The number of aromatic nitrogens is 2. The standard InChI is InChI=1S/C31H33N3/c1-5-15-28-24(11-1)22-25(32-28)13-3-6-16-30-27(26-14-4-7-17-29(26)33-30)19-21-34-20-9-12-23-10-2-8-18-31(23)34/h1-2,4-5,7-8,10-11,14-15,17-18,22,32-33H,3,6,9,12-13,16,19-21H2. The van der Waals surface area contributed by atoms with Crippen LogP contribution in [0.5, 0.6) is 0 Å². The van der Waals surface area contributed by atoms with Crippen LogP contribution in [0, 0.1) is 0 Å². The summed E-state index contributed by atoms with van der Waals surface area (Å²) in [5.74, 6) is 0. The summed E-state index contributed by atoms with van der Waals surface area (Å²) in [5.41, 5.74) is 9.77. The van der Waals surface area contributed by atoms with Crippen LogP contribution in [0.3, 0.4) is 0 Å². The number of nitrogens with zero attached hydrogens (tertiary/aromatic N) is 1. The quantitative estimate of drug-likeness (QED) is 0.242. The highest BCUT2D eigenvalue weighted by molar-refractivity contribution is 5.84. The van der Waals surface area contributed by atoms with Gasteiger partial charge in [-0.1, -0.05) is 54.6 Å². The first-order valence-corrected chi connectivity index (χ1v) is 12.8. The zero-order valence-corrected chi connectivity index (χ0v) is 19.8. The first-order chi connectivity index (χ1) is 16.8. The summed E-state index contributed by atoms with van der Waals surface area (Å²) in [6, 6.07) is 28.7. The number of nitrogens with one attached hydrogen (secondary N) is 2. The molecule has 34 heavy (non-hydrogen) atoms. The van der Waals surface area contributed by atoms with Gasteiger partial charge in [-0.15, -0.1) is 0 Å². The molecule has 5 aromatic rings. The van der Waals surface area contributed by atoms with Gasteiger partial charge < -0.3 is 14.9 Å². The maximum atomic E-state index is 3.76. The van der Waals surface area contributed by atoms with E-state index in [-0.39, 0.29) is 0 Å². The molecule has 3 nitrogen and oxygen atoms in total. The molecule has 0 radical (unpaired) electrons. The summed E-state index contributed by atoms with van der Waals surface area (Å²) in [5, 5.41) is 2.72. The van der Waals surface area contributed by atoms with Gasteiger partial charge in [-0.25, -0.2) is 0 Å². The molecule has 0 saturated carbocycles. The fourth-order valence-corrected chi connectivity index (χ4v) is 5.73. The number of aryl methyl sites for hydroxylation is 3. The van der Waals surface area contributed by atoms with E-state index in [0.717, 1.165) is 25.8 Å². The van der Waals surface area contributed by atoms with Gasteiger partial charge in [0.05, 0.1) is 0 Å². The third-order valence-corrected chi connectivity index (χ3v) is 7.45. The van der Waals surface area contributed by atoms with E-state index in [9.17, 15) is 0 Å². The predicted octanol–water partition coefficient (Wildman–Crippen LogP) is 7.21. The second-order valence-electron chi connectivity index (χ2n) is 9.69. The minimum Gasteiger partial charge on any atom is -0.371 e. The van der Waals surface area contributed by atoms with Gasteiger partial charge in [0, 0.05) is 46.6 Å². The fourth-order valence-electron chi connectivity index (χ4n) is 5.73. The van der Waals surface area contributed by atoms with Gasteiger partial charge >= 0.3 is 0 Å². The number of rotatable bonds is 8. The minimum atomic E-state index is 1.08. The first-order valence-electron chi connectivity index (χ1n) is 12.8. The lowest BCUT2D eigenvalue weighted by atomic mass is 9.99. The van der Waals surface area contributed by atoms with Crippen LogP contribution in [0.2, 0.25) is 0 Å². The van der Waals surface area contributed by atoms with Crippen molar-refractivity contribution in [2.75, 3.05) is 18.0 Å². The average molecular weight is 448 g/mol. The van der Waals surface area contributed by atoms with Crippen LogP contribution >= 0.6 is 0 Å². The van der Waals surface area contributed by atoms with E-state index in [4.69, 9.17) is 0 Å². The van der Waals surface area contributed by atoms with Crippen molar-refractivity contribution in [2.45, 2.75) is 44.9 Å². The number of hydrogen-bond donors (Lipinski definition) is 2. The van der Waals surface area contributed by atoms with E-state index < -0.39 is 0 Å². The predicted molar refractivity (Wildman–Crippen MR) is 144 cm³/mol. The molecule has 0 aliphatic carbocycles. The maximum absolute atomic E-state index is 3.76. The molecule has 1 aliphatic heterocycles. The Hall–Kier alpha value is -3.46. The number of fused-ring (bicyclic) bond motifs is 3. The maximum Gasteiger partial charge on any atom is 0.0458 e. The topological polar surface area (TPSA) is 34.8 Å². The summed E-state index contributed by atoms with van der Waals surface area (Å²) in [6.07, 6.45) is 8.17. The van der Waals surface area contributed by atoms with Gasteiger partial charge in [-0.2, -0.15) is 0 Å². The van der Waals surface area contributed by atoms with Crippen molar-refractivity contribution >= 4 is 27.5 Å². The molecule has 0 fully saturated rings. The molecule has 0 unspecified atom stereocenters. The molecular formula is C31H33N3. The molecule has 2 aromatic heterocycles. The molecule has 0 amide bonds. The molecule has 3 aromatic carbocycles. The Bertz CT molecular complexity index is 1370. The fraction of sp³-hybridized carbons (Fsp3) is 0.290. The highest BCUT2D eigenvalue weighted by Crippen LogP contribution is 2.29. The molecule has 0 atom stereocenters. The van der Waals surface area contributed by atoms with Crippen molar-refractivity contribution in [1.29, 1.82) is 0 Å². The van der Waals surface area contributed by atoms with Crippen molar-refractivity contribution < 1.29 is 0 Å². The van der Waals surface area contributed by atoms with E-state index >= 15 is 0 Å². The molecule has 2 N–H and O–H groups in total. The molecular weight excluding hydrogens is 414 g/mol. The van der Waals surface area contributed by atoms with E-state index in [1.807, 2.05) is 0 Å². The summed E-state index contributed by atoms with van der Waals surface area (Å²) >= 11 is 0. The van der Waals surface area contributed by atoms with Crippen LogP contribution in [0.4, 0.5) is 5.69 Å². The van der Waals surface area contributed by atoms with Crippen LogP contribution in [0.1, 0.15) is 41.8 Å². The summed E-state index contributed by atoms with van der Waals surface area (Å²) < 4.78 is 0. The lowest BCUT2D eigenvalue weighted by Crippen LogP contribution is -2.31. The number of aromatic amines is 2. The van der Waals surface area contributed by atoms with Gasteiger partial charge in [0.2, 0.25) is 0 Å². The second-order valence-corrected chi connectivity index (χ2v) is 9.69. The third kappa shape index (κ3) is 4.23. The average Bonchev–Trinajstić information content (AvgIpc) is 3.46. The number of para-hydroxylation sites is 3. The molecule has 172 valence electrons. The number of anilines is 1. The Labute approximate surface area is 201 Å². The van der Waals surface area contributed by atoms with Crippen molar-refractivity contribution in [3.63, 3.8) is 0 Å². The lowest BCUT2D eigenvalue weighted by molar-refractivity contribution is 0.681. The van der Waals surface area contributed by atoms with E-state index in [2.05, 4.69) is 93.7 Å². The minimum absolute atomic E-state index is 1.08. The Morgan fingerprint density at radius 2 is 1.53 bits per heavy atom. The Balaban J connectivity index is 1.14. The van der Waals surface area contributed by atoms with Crippen LogP contribution in [-0.2, 0) is 25.7 Å².